The van der Waals surface area contributed by atoms with Crippen LogP contribution in [0.5, 0.6) is 0 Å². The lowest BCUT2D eigenvalue weighted by atomic mass is 9.93. The van der Waals surface area contributed by atoms with Crippen LogP contribution in [0, 0.1) is 19.3 Å². The number of hydrogen-bond acceptors (Lipinski definition) is 2. The zero-order valence-electron chi connectivity index (χ0n) is 14.7. The lowest BCUT2D eigenvalue weighted by Crippen LogP contribution is -2.40. The highest BCUT2D eigenvalue weighted by atomic mass is 127. The summed E-state index contributed by atoms with van der Waals surface area (Å²) in [4.78, 5) is 7.22. The van der Waals surface area contributed by atoms with E-state index in [2.05, 4.69) is 49.9 Å². The SMILES string of the molecule is CCNC(=NCc1c(C)nn(C)c1C)N1CCC(C)(C)C1.I. The normalized spacial score (nSPS) is 17.5. The first-order chi connectivity index (χ1) is 9.84. The number of guanidine groups is 1. The van der Waals surface area contributed by atoms with E-state index >= 15 is 0 Å². The molecule has 6 heteroatoms. The maximum absolute atomic E-state index is 4.84. The minimum Gasteiger partial charge on any atom is -0.357 e. The minimum absolute atomic E-state index is 0. The molecule has 1 aliphatic heterocycles. The van der Waals surface area contributed by atoms with E-state index in [9.17, 15) is 0 Å². The number of halogens is 1. The summed E-state index contributed by atoms with van der Waals surface area (Å²) in [5.74, 6) is 1.03. The van der Waals surface area contributed by atoms with E-state index in [1.165, 1.54) is 17.7 Å². The standard InChI is InChI=1S/C16H29N5.HI/c1-7-17-15(21-9-8-16(4,5)11-21)18-10-14-12(2)19-20(6)13(14)3;/h7-11H2,1-6H3,(H,17,18);1H. The molecule has 2 heterocycles. The average Bonchev–Trinajstić information content (AvgIpc) is 2.87. The zero-order chi connectivity index (χ0) is 15.6. The van der Waals surface area contributed by atoms with Crippen molar-refractivity contribution >= 4 is 29.9 Å². The van der Waals surface area contributed by atoms with Crippen molar-refractivity contribution in [3.63, 3.8) is 0 Å². The van der Waals surface area contributed by atoms with Crippen LogP contribution in [0.2, 0.25) is 0 Å². The van der Waals surface area contributed by atoms with Gasteiger partial charge in [0.1, 0.15) is 0 Å². The van der Waals surface area contributed by atoms with Crippen LogP contribution in [-0.2, 0) is 13.6 Å². The van der Waals surface area contributed by atoms with Crippen molar-refractivity contribution < 1.29 is 0 Å². The fourth-order valence-corrected chi connectivity index (χ4v) is 2.92. The van der Waals surface area contributed by atoms with Crippen molar-refractivity contribution in [1.82, 2.24) is 20.0 Å². The average molecular weight is 419 g/mol. The van der Waals surface area contributed by atoms with Crippen LogP contribution in [0.15, 0.2) is 4.99 Å². The lowest BCUT2D eigenvalue weighted by molar-refractivity contribution is 0.370. The molecular formula is C16H30IN5. The molecule has 0 aromatic carbocycles. The number of nitrogens with one attached hydrogen (secondary N) is 1. The fourth-order valence-electron chi connectivity index (χ4n) is 2.92. The first kappa shape index (κ1) is 19.3. The maximum Gasteiger partial charge on any atom is 0.194 e. The summed E-state index contributed by atoms with van der Waals surface area (Å²) in [5.41, 5.74) is 3.91. The minimum atomic E-state index is 0. The molecule has 1 aromatic rings. The third-order valence-electron chi connectivity index (χ3n) is 4.36. The first-order valence-corrected chi connectivity index (χ1v) is 7.86. The van der Waals surface area contributed by atoms with Crippen LogP contribution in [0.25, 0.3) is 0 Å². The van der Waals surface area contributed by atoms with Gasteiger partial charge in [-0.3, -0.25) is 4.68 Å². The number of likely N-dealkylation sites (tertiary alicyclic amines) is 1. The Morgan fingerprint density at radius 2 is 2.05 bits per heavy atom. The van der Waals surface area contributed by atoms with Gasteiger partial charge in [-0.05, 0) is 32.6 Å². The summed E-state index contributed by atoms with van der Waals surface area (Å²) in [5, 5.41) is 7.90. The van der Waals surface area contributed by atoms with Crippen LogP contribution >= 0.6 is 24.0 Å². The Hall–Kier alpha value is -0.790. The Balaban J connectivity index is 0.00000242. The van der Waals surface area contributed by atoms with Gasteiger partial charge in [0.2, 0.25) is 0 Å². The summed E-state index contributed by atoms with van der Waals surface area (Å²) in [6.45, 7) is 14.7. The molecule has 1 N–H and O–H groups in total. The summed E-state index contributed by atoms with van der Waals surface area (Å²) in [6, 6.07) is 0. The largest absolute Gasteiger partial charge is 0.357 e. The Morgan fingerprint density at radius 3 is 2.50 bits per heavy atom. The Kier molecular flexibility index (Phi) is 6.70. The molecule has 1 aromatic heterocycles. The number of aryl methyl sites for hydroxylation is 2. The second-order valence-electron chi connectivity index (χ2n) is 6.78. The van der Waals surface area contributed by atoms with Gasteiger partial charge in [0.15, 0.2) is 5.96 Å². The predicted octanol–water partition coefficient (Wildman–Crippen LogP) is 2.85. The molecule has 2 rings (SSSR count). The van der Waals surface area contributed by atoms with Crippen molar-refractivity contribution in [1.29, 1.82) is 0 Å². The van der Waals surface area contributed by atoms with Crippen molar-refractivity contribution in [2.24, 2.45) is 17.5 Å². The number of rotatable bonds is 3. The number of nitrogens with zero attached hydrogens (tertiary/aromatic N) is 4. The molecule has 0 atom stereocenters. The third-order valence-corrected chi connectivity index (χ3v) is 4.36. The molecule has 1 saturated heterocycles. The highest BCUT2D eigenvalue weighted by Crippen LogP contribution is 2.28. The van der Waals surface area contributed by atoms with Gasteiger partial charge in [-0.25, -0.2) is 4.99 Å². The third kappa shape index (κ3) is 4.36. The Bertz CT molecular complexity index is 533. The second kappa shape index (κ2) is 7.66. The molecular weight excluding hydrogens is 389 g/mol. The van der Waals surface area contributed by atoms with Gasteiger partial charge in [-0.1, -0.05) is 13.8 Å². The molecule has 1 aliphatic rings. The number of aliphatic imine (C=N–C) groups is 1. The molecule has 5 nitrogen and oxygen atoms in total. The van der Waals surface area contributed by atoms with Crippen LogP contribution in [0.3, 0.4) is 0 Å². The predicted molar refractivity (Wildman–Crippen MR) is 103 cm³/mol. The summed E-state index contributed by atoms with van der Waals surface area (Å²) in [6.07, 6.45) is 1.22. The summed E-state index contributed by atoms with van der Waals surface area (Å²) in [7, 11) is 1.99. The van der Waals surface area contributed by atoms with Crippen LogP contribution in [0.4, 0.5) is 0 Å². The van der Waals surface area contributed by atoms with Gasteiger partial charge < -0.3 is 10.2 Å². The van der Waals surface area contributed by atoms with Crippen molar-refractivity contribution in [3.05, 3.63) is 17.0 Å². The lowest BCUT2D eigenvalue weighted by Gasteiger charge is -2.23. The molecule has 0 saturated carbocycles. The fraction of sp³-hybridized carbons (Fsp3) is 0.750. The Morgan fingerprint density at radius 1 is 1.36 bits per heavy atom. The van der Waals surface area contributed by atoms with Crippen molar-refractivity contribution in [2.45, 2.75) is 47.6 Å². The van der Waals surface area contributed by atoms with E-state index in [0.717, 1.165) is 31.3 Å². The molecule has 22 heavy (non-hydrogen) atoms. The topological polar surface area (TPSA) is 45.5 Å². The monoisotopic (exact) mass is 419 g/mol. The second-order valence-corrected chi connectivity index (χ2v) is 6.78. The molecule has 0 amide bonds. The van der Waals surface area contributed by atoms with E-state index in [1.54, 1.807) is 0 Å². The molecule has 0 unspecified atom stereocenters. The van der Waals surface area contributed by atoms with Gasteiger partial charge in [-0.2, -0.15) is 5.10 Å². The van der Waals surface area contributed by atoms with Gasteiger partial charge in [0.05, 0.1) is 12.2 Å². The smallest absolute Gasteiger partial charge is 0.194 e. The van der Waals surface area contributed by atoms with E-state index in [-0.39, 0.29) is 24.0 Å². The number of aromatic nitrogens is 2. The van der Waals surface area contributed by atoms with E-state index in [4.69, 9.17) is 4.99 Å². The highest BCUT2D eigenvalue weighted by molar-refractivity contribution is 14.0. The van der Waals surface area contributed by atoms with E-state index in [0.29, 0.717) is 12.0 Å². The van der Waals surface area contributed by atoms with Gasteiger partial charge in [0.25, 0.3) is 0 Å². The van der Waals surface area contributed by atoms with Gasteiger partial charge >= 0.3 is 0 Å². The molecule has 0 spiro atoms. The zero-order valence-corrected chi connectivity index (χ0v) is 17.1. The molecule has 0 bridgehead atoms. The Labute approximate surface area is 151 Å². The van der Waals surface area contributed by atoms with E-state index in [1.807, 2.05) is 11.7 Å². The van der Waals surface area contributed by atoms with Crippen molar-refractivity contribution in [3.8, 4) is 0 Å². The maximum atomic E-state index is 4.84. The molecule has 0 aliphatic carbocycles. The van der Waals surface area contributed by atoms with Crippen LogP contribution in [-0.4, -0.2) is 40.3 Å². The quantitative estimate of drug-likeness (QED) is 0.466. The number of hydrogen-bond donors (Lipinski definition) is 1. The molecule has 1 fully saturated rings. The highest BCUT2D eigenvalue weighted by Gasteiger charge is 2.30. The van der Waals surface area contributed by atoms with Gasteiger partial charge in [0, 0.05) is 37.9 Å². The van der Waals surface area contributed by atoms with Gasteiger partial charge in [-0.15, -0.1) is 24.0 Å². The summed E-state index contributed by atoms with van der Waals surface area (Å²) < 4.78 is 1.94. The summed E-state index contributed by atoms with van der Waals surface area (Å²) >= 11 is 0. The van der Waals surface area contributed by atoms with Crippen LogP contribution in [0.1, 0.15) is 44.1 Å². The molecule has 0 radical (unpaired) electrons. The van der Waals surface area contributed by atoms with E-state index < -0.39 is 0 Å². The van der Waals surface area contributed by atoms with Crippen molar-refractivity contribution in [2.75, 3.05) is 19.6 Å². The van der Waals surface area contributed by atoms with Crippen LogP contribution < -0.4 is 5.32 Å². The molecule has 126 valence electrons. The first-order valence-electron chi connectivity index (χ1n) is 7.86.